The number of hydrogen-bond donors (Lipinski definition) is 0. The Morgan fingerprint density at radius 1 is 1.20 bits per heavy atom. The molecular formula is C21H22N2O6S. The molecule has 1 aliphatic rings. The molecule has 0 spiro atoms. The molecule has 1 aliphatic heterocycles. The van der Waals surface area contributed by atoms with Gasteiger partial charge in [0, 0.05) is 18.7 Å². The van der Waals surface area contributed by atoms with Gasteiger partial charge in [0.1, 0.15) is 5.75 Å². The van der Waals surface area contributed by atoms with E-state index in [0.717, 1.165) is 5.56 Å². The Kier molecular flexibility index (Phi) is 6.83. The van der Waals surface area contributed by atoms with Crippen LogP contribution in [0.4, 0.5) is 5.69 Å². The van der Waals surface area contributed by atoms with Crippen LogP contribution in [0.2, 0.25) is 0 Å². The van der Waals surface area contributed by atoms with Crippen LogP contribution >= 0.6 is 0 Å². The molecule has 30 heavy (non-hydrogen) atoms. The molecule has 1 atom stereocenters. The van der Waals surface area contributed by atoms with Crippen LogP contribution in [-0.2, 0) is 14.6 Å². The highest BCUT2D eigenvalue weighted by atomic mass is 32.2. The maximum absolute atomic E-state index is 12.8. The molecule has 0 N–H and O–H groups in total. The normalized spacial score (nSPS) is 17.7. The van der Waals surface area contributed by atoms with Crippen molar-refractivity contribution < 1.29 is 22.9 Å². The van der Waals surface area contributed by atoms with Crippen molar-refractivity contribution in [2.45, 2.75) is 12.5 Å². The van der Waals surface area contributed by atoms with Crippen LogP contribution in [-0.4, -0.2) is 54.8 Å². The highest BCUT2D eigenvalue weighted by Gasteiger charge is 2.34. The van der Waals surface area contributed by atoms with Gasteiger partial charge in [-0.25, -0.2) is 8.42 Å². The van der Waals surface area contributed by atoms with Crippen molar-refractivity contribution in [3.05, 3.63) is 76.4 Å². The van der Waals surface area contributed by atoms with Gasteiger partial charge in [-0.15, -0.1) is 0 Å². The van der Waals surface area contributed by atoms with Crippen molar-refractivity contribution in [2.75, 3.05) is 24.7 Å². The Hall–Kier alpha value is -3.20. The van der Waals surface area contributed by atoms with Crippen molar-refractivity contribution >= 4 is 27.5 Å². The van der Waals surface area contributed by atoms with Gasteiger partial charge in [0.2, 0.25) is 0 Å². The third-order valence-electron chi connectivity index (χ3n) is 4.77. The van der Waals surface area contributed by atoms with E-state index in [9.17, 15) is 23.3 Å². The van der Waals surface area contributed by atoms with Crippen molar-refractivity contribution in [3.8, 4) is 5.75 Å². The molecule has 9 heteroatoms. The third-order valence-corrected chi connectivity index (χ3v) is 6.52. The van der Waals surface area contributed by atoms with E-state index < -0.39 is 20.8 Å². The van der Waals surface area contributed by atoms with Crippen LogP contribution in [0.1, 0.15) is 12.0 Å². The number of ether oxygens (including phenoxy) is 1. The van der Waals surface area contributed by atoms with Gasteiger partial charge in [0.25, 0.3) is 11.6 Å². The molecule has 1 fully saturated rings. The van der Waals surface area contributed by atoms with Crippen LogP contribution in [0.25, 0.3) is 6.08 Å². The first-order chi connectivity index (χ1) is 14.3. The fraction of sp³-hybridized carbons (Fsp3) is 0.286. The predicted octanol–water partition coefficient (Wildman–Crippen LogP) is 2.70. The molecule has 1 saturated heterocycles. The fourth-order valence-corrected chi connectivity index (χ4v) is 4.99. The summed E-state index contributed by atoms with van der Waals surface area (Å²) in [6.07, 6.45) is 4.06. The van der Waals surface area contributed by atoms with Crippen molar-refractivity contribution in [2.24, 2.45) is 0 Å². The first kappa shape index (κ1) is 21.5. The number of amides is 1. The molecule has 0 saturated carbocycles. The molecule has 2 aromatic rings. The smallest absolute Gasteiger partial charge is 0.273 e. The van der Waals surface area contributed by atoms with Gasteiger partial charge in [-0.2, -0.15) is 0 Å². The molecule has 0 aromatic heterocycles. The minimum Gasteiger partial charge on any atom is -0.484 e. The van der Waals surface area contributed by atoms with Gasteiger partial charge in [0.05, 0.1) is 22.5 Å². The molecule has 3 rings (SSSR count). The third kappa shape index (κ3) is 5.90. The van der Waals surface area contributed by atoms with E-state index in [2.05, 4.69) is 0 Å². The molecular weight excluding hydrogens is 408 g/mol. The number of nitro groups is 1. The summed E-state index contributed by atoms with van der Waals surface area (Å²) in [6, 6.07) is 14.7. The zero-order chi connectivity index (χ0) is 21.6. The maximum atomic E-state index is 12.8. The molecule has 2 aromatic carbocycles. The average molecular weight is 430 g/mol. The van der Waals surface area contributed by atoms with Gasteiger partial charge in [0.15, 0.2) is 16.4 Å². The number of non-ortho nitro benzene ring substituents is 1. The average Bonchev–Trinajstić information content (AvgIpc) is 3.09. The van der Waals surface area contributed by atoms with E-state index in [4.69, 9.17) is 4.74 Å². The number of hydrogen-bond acceptors (Lipinski definition) is 6. The molecule has 0 radical (unpaired) electrons. The predicted molar refractivity (Wildman–Crippen MR) is 113 cm³/mol. The monoisotopic (exact) mass is 430 g/mol. The summed E-state index contributed by atoms with van der Waals surface area (Å²) >= 11 is 0. The molecule has 0 bridgehead atoms. The molecule has 1 heterocycles. The van der Waals surface area contributed by atoms with Crippen LogP contribution in [0.15, 0.2) is 60.7 Å². The number of sulfone groups is 1. The summed E-state index contributed by atoms with van der Waals surface area (Å²) in [5.74, 6) is -0.192. The minimum atomic E-state index is -3.17. The Morgan fingerprint density at radius 2 is 1.97 bits per heavy atom. The summed E-state index contributed by atoms with van der Waals surface area (Å²) in [7, 11) is -3.17. The van der Waals surface area contributed by atoms with E-state index in [1.807, 2.05) is 42.5 Å². The van der Waals surface area contributed by atoms with Gasteiger partial charge in [-0.05, 0) is 18.1 Å². The number of nitrogens with zero attached hydrogens (tertiary/aromatic N) is 2. The Labute approximate surface area is 174 Å². The Morgan fingerprint density at radius 3 is 2.63 bits per heavy atom. The van der Waals surface area contributed by atoms with Crippen LogP contribution in [0, 0.1) is 10.1 Å². The number of rotatable bonds is 8. The lowest BCUT2D eigenvalue weighted by Crippen LogP contribution is -2.43. The Bertz CT molecular complexity index is 1040. The van der Waals surface area contributed by atoms with Crippen LogP contribution < -0.4 is 4.74 Å². The molecule has 8 nitrogen and oxygen atoms in total. The standard InChI is InChI=1S/C21H22N2O6S/c24-21(15-29-20-10-4-9-18(14-20)23(25)26)22(19-11-13-30(27,28)16-19)12-5-8-17-6-2-1-3-7-17/h1-10,14,19H,11-13,15-16H2/b8-5+. The summed E-state index contributed by atoms with van der Waals surface area (Å²) in [6.45, 7) is -0.0941. The molecule has 0 aliphatic carbocycles. The van der Waals surface area contributed by atoms with Crippen LogP contribution in [0.5, 0.6) is 5.75 Å². The highest BCUT2D eigenvalue weighted by Crippen LogP contribution is 2.21. The lowest BCUT2D eigenvalue weighted by Gasteiger charge is -2.27. The zero-order valence-corrected chi connectivity index (χ0v) is 17.0. The second-order valence-electron chi connectivity index (χ2n) is 6.96. The van der Waals surface area contributed by atoms with Crippen LogP contribution in [0.3, 0.4) is 0 Å². The van der Waals surface area contributed by atoms with E-state index in [0.29, 0.717) is 6.42 Å². The summed E-state index contributed by atoms with van der Waals surface area (Å²) < 4.78 is 29.2. The number of carbonyl (C=O) groups is 1. The second-order valence-corrected chi connectivity index (χ2v) is 9.19. The number of nitro benzene ring substituents is 1. The number of benzene rings is 2. The lowest BCUT2D eigenvalue weighted by molar-refractivity contribution is -0.384. The highest BCUT2D eigenvalue weighted by molar-refractivity contribution is 7.91. The van der Waals surface area contributed by atoms with Gasteiger partial charge in [-0.1, -0.05) is 48.6 Å². The van der Waals surface area contributed by atoms with E-state index >= 15 is 0 Å². The van der Waals surface area contributed by atoms with Crippen molar-refractivity contribution in [1.29, 1.82) is 0 Å². The lowest BCUT2D eigenvalue weighted by atomic mass is 10.2. The second kappa shape index (κ2) is 9.53. The van der Waals surface area contributed by atoms with Crippen molar-refractivity contribution in [1.82, 2.24) is 4.90 Å². The minimum absolute atomic E-state index is 0.0512. The first-order valence-electron chi connectivity index (χ1n) is 9.43. The largest absolute Gasteiger partial charge is 0.484 e. The summed E-state index contributed by atoms with van der Waals surface area (Å²) in [5.41, 5.74) is 0.835. The van der Waals surface area contributed by atoms with Gasteiger partial charge in [-0.3, -0.25) is 14.9 Å². The number of carbonyl (C=O) groups excluding carboxylic acids is 1. The van der Waals surface area contributed by atoms with Crippen molar-refractivity contribution in [3.63, 3.8) is 0 Å². The first-order valence-corrected chi connectivity index (χ1v) is 11.2. The fourth-order valence-electron chi connectivity index (χ4n) is 3.26. The van der Waals surface area contributed by atoms with Gasteiger partial charge < -0.3 is 9.64 Å². The zero-order valence-electron chi connectivity index (χ0n) is 16.2. The molecule has 158 valence electrons. The maximum Gasteiger partial charge on any atom is 0.273 e. The quantitative estimate of drug-likeness (QED) is 0.471. The molecule has 1 amide bonds. The SMILES string of the molecule is O=C(COc1cccc([N+](=O)[O-])c1)N(C/C=C/c1ccccc1)C1CCS(=O)(=O)C1. The summed E-state index contributed by atoms with van der Waals surface area (Å²) in [4.78, 5) is 24.7. The van der Waals surface area contributed by atoms with Gasteiger partial charge >= 0.3 is 0 Å². The van der Waals surface area contributed by atoms with E-state index in [1.54, 1.807) is 0 Å². The van der Waals surface area contributed by atoms with E-state index in [1.165, 1.54) is 29.2 Å². The topological polar surface area (TPSA) is 107 Å². The molecule has 1 unspecified atom stereocenters. The Balaban J connectivity index is 1.69. The van der Waals surface area contributed by atoms with E-state index in [-0.39, 0.29) is 42.0 Å². The summed E-state index contributed by atoms with van der Waals surface area (Å²) in [5, 5.41) is 10.9.